The SMILES string of the molecule is CC(=O)N[C@@]12CCN(C(C)=O)C[C@@H]1[C@@H](c1ccccc1)N(C(C)C)C2. The van der Waals surface area contributed by atoms with E-state index in [0.717, 1.165) is 13.0 Å². The molecule has 25 heavy (non-hydrogen) atoms. The summed E-state index contributed by atoms with van der Waals surface area (Å²) in [6.45, 7) is 9.88. The van der Waals surface area contributed by atoms with Crippen molar-refractivity contribution in [2.24, 2.45) is 5.92 Å². The monoisotopic (exact) mass is 343 g/mol. The molecule has 5 nitrogen and oxygen atoms in total. The van der Waals surface area contributed by atoms with E-state index in [1.165, 1.54) is 5.56 Å². The number of rotatable bonds is 3. The van der Waals surface area contributed by atoms with Crippen LogP contribution in [0.2, 0.25) is 0 Å². The fourth-order valence-electron chi connectivity index (χ4n) is 4.69. The van der Waals surface area contributed by atoms with E-state index in [-0.39, 0.29) is 29.3 Å². The lowest BCUT2D eigenvalue weighted by molar-refractivity contribution is -0.132. The third kappa shape index (κ3) is 3.30. The van der Waals surface area contributed by atoms with Gasteiger partial charge in [-0.05, 0) is 25.8 Å². The summed E-state index contributed by atoms with van der Waals surface area (Å²) in [6, 6.07) is 11.1. The molecular weight excluding hydrogens is 314 g/mol. The Morgan fingerprint density at radius 3 is 2.44 bits per heavy atom. The lowest BCUT2D eigenvalue weighted by Gasteiger charge is -2.45. The van der Waals surface area contributed by atoms with Gasteiger partial charge >= 0.3 is 0 Å². The number of carbonyl (C=O) groups is 2. The second-order valence-corrected chi connectivity index (χ2v) is 7.78. The van der Waals surface area contributed by atoms with Crippen LogP contribution in [0.1, 0.15) is 45.7 Å². The predicted octanol–water partition coefficient (Wildman–Crippen LogP) is 2.19. The van der Waals surface area contributed by atoms with Crippen molar-refractivity contribution in [1.82, 2.24) is 15.1 Å². The minimum Gasteiger partial charge on any atom is -0.349 e. The van der Waals surface area contributed by atoms with Crippen LogP contribution in [0.5, 0.6) is 0 Å². The molecule has 2 heterocycles. The molecule has 2 aliphatic rings. The molecule has 136 valence electrons. The number of carbonyl (C=O) groups excluding carboxylic acids is 2. The van der Waals surface area contributed by atoms with Crippen LogP contribution >= 0.6 is 0 Å². The molecule has 0 aromatic heterocycles. The van der Waals surface area contributed by atoms with Gasteiger partial charge in [0.2, 0.25) is 11.8 Å². The molecule has 1 N–H and O–H groups in total. The van der Waals surface area contributed by atoms with Crippen molar-refractivity contribution < 1.29 is 9.59 Å². The standard InChI is InChI=1S/C20H29N3O2/c1-14(2)23-13-20(21-15(3)24)10-11-22(16(4)25)12-18(20)19(23)17-8-6-5-7-9-17/h5-9,14,18-19H,10-13H2,1-4H3,(H,21,24)/t18-,19-,20-/m1/s1. The molecule has 2 aliphatic heterocycles. The lowest BCUT2D eigenvalue weighted by atomic mass is 9.75. The van der Waals surface area contributed by atoms with Crippen molar-refractivity contribution in [3.05, 3.63) is 35.9 Å². The van der Waals surface area contributed by atoms with Gasteiger partial charge < -0.3 is 10.2 Å². The van der Waals surface area contributed by atoms with Crippen LogP contribution in [0.3, 0.4) is 0 Å². The Hall–Kier alpha value is -1.88. The summed E-state index contributed by atoms with van der Waals surface area (Å²) in [4.78, 5) is 28.4. The third-order valence-corrected chi connectivity index (χ3v) is 5.83. The molecule has 2 saturated heterocycles. The number of hydrogen-bond acceptors (Lipinski definition) is 3. The average molecular weight is 343 g/mol. The summed E-state index contributed by atoms with van der Waals surface area (Å²) < 4.78 is 0. The van der Waals surface area contributed by atoms with Crippen LogP contribution in [-0.2, 0) is 9.59 Å². The Labute approximate surface area is 150 Å². The van der Waals surface area contributed by atoms with Crippen molar-refractivity contribution in [2.45, 2.75) is 51.7 Å². The number of piperidine rings is 1. The molecule has 1 aromatic carbocycles. The zero-order valence-electron chi connectivity index (χ0n) is 15.7. The summed E-state index contributed by atoms with van der Waals surface area (Å²) in [5, 5.41) is 3.28. The van der Waals surface area contributed by atoms with Gasteiger partial charge in [-0.15, -0.1) is 0 Å². The molecule has 2 amide bonds. The minimum absolute atomic E-state index is 0.0127. The number of likely N-dealkylation sites (tertiary alicyclic amines) is 2. The van der Waals surface area contributed by atoms with Crippen molar-refractivity contribution in [2.75, 3.05) is 19.6 Å². The highest BCUT2D eigenvalue weighted by Gasteiger charge is 2.56. The first-order valence-corrected chi connectivity index (χ1v) is 9.19. The Balaban J connectivity index is 2.04. The first kappa shape index (κ1) is 17.9. The van der Waals surface area contributed by atoms with Gasteiger partial charge in [-0.25, -0.2) is 0 Å². The number of benzene rings is 1. The van der Waals surface area contributed by atoms with Crippen LogP contribution in [0.15, 0.2) is 30.3 Å². The molecule has 1 aromatic rings. The van der Waals surface area contributed by atoms with E-state index in [2.05, 4.69) is 48.3 Å². The molecule has 5 heteroatoms. The van der Waals surface area contributed by atoms with Crippen LogP contribution in [0, 0.1) is 5.92 Å². The van der Waals surface area contributed by atoms with Crippen molar-refractivity contribution >= 4 is 11.8 Å². The quantitative estimate of drug-likeness (QED) is 0.915. The van der Waals surface area contributed by atoms with Gasteiger partial charge in [-0.3, -0.25) is 14.5 Å². The van der Waals surface area contributed by atoms with Crippen LogP contribution < -0.4 is 5.32 Å². The minimum atomic E-state index is -0.261. The van der Waals surface area contributed by atoms with Crippen LogP contribution in [-0.4, -0.2) is 52.8 Å². The molecule has 2 fully saturated rings. The molecule has 0 bridgehead atoms. The molecule has 0 unspecified atom stereocenters. The summed E-state index contributed by atoms with van der Waals surface area (Å²) >= 11 is 0. The largest absolute Gasteiger partial charge is 0.349 e. The second-order valence-electron chi connectivity index (χ2n) is 7.78. The molecule has 3 atom stereocenters. The van der Waals surface area contributed by atoms with Crippen molar-refractivity contribution in [1.29, 1.82) is 0 Å². The zero-order valence-corrected chi connectivity index (χ0v) is 15.7. The maximum Gasteiger partial charge on any atom is 0.219 e. The lowest BCUT2D eigenvalue weighted by Crippen LogP contribution is -2.61. The van der Waals surface area contributed by atoms with E-state index in [0.29, 0.717) is 19.1 Å². The first-order chi connectivity index (χ1) is 11.8. The van der Waals surface area contributed by atoms with E-state index in [1.807, 2.05) is 11.0 Å². The topological polar surface area (TPSA) is 52.7 Å². The number of nitrogens with one attached hydrogen (secondary N) is 1. The fourth-order valence-corrected chi connectivity index (χ4v) is 4.69. The highest BCUT2D eigenvalue weighted by molar-refractivity contribution is 5.75. The van der Waals surface area contributed by atoms with Gasteiger partial charge in [0.25, 0.3) is 0 Å². The maximum absolute atomic E-state index is 12.0. The highest BCUT2D eigenvalue weighted by Crippen LogP contribution is 2.48. The number of amides is 2. The summed E-state index contributed by atoms with van der Waals surface area (Å²) in [5.74, 6) is 0.323. The van der Waals surface area contributed by atoms with Crippen molar-refractivity contribution in [3.63, 3.8) is 0 Å². The smallest absolute Gasteiger partial charge is 0.219 e. The van der Waals surface area contributed by atoms with Crippen LogP contribution in [0.25, 0.3) is 0 Å². The molecule has 3 rings (SSSR count). The van der Waals surface area contributed by atoms with E-state index in [1.54, 1.807) is 13.8 Å². The molecule has 0 aliphatic carbocycles. The van der Waals surface area contributed by atoms with Gasteiger partial charge in [0.05, 0.1) is 5.54 Å². The highest BCUT2D eigenvalue weighted by atomic mass is 16.2. The fraction of sp³-hybridized carbons (Fsp3) is 0.600. The first-order valence-electron chi connectivity index (χ1n) is 9.19. The zero-order chi connectivity index (χ0) is 18.2. The summed E-state index contributed by atoms with van der Waals surface area (Å²) in [6.07, 6.45) is 0.809. The molecule has 0 saturated carbocycles. The third-order valence-electron chi connectivity index (χ3n) is 5.83. The normalized spacial score (nSPS) is 29.6. The van der Waals surface area contributed by atoms with Gasteiger partial charge in [0.15, 0.2) is 0 Å². The number of nitrogens with zero attached hydrogens (tertiary/aromatic N) is 2. The maximum atomic E-state index is 12.0. The average Bonchev–Trinajstić information content (AvgIpc) is 2.89. The Morgan fingerprint density at radius 1 is 1.20 bits per heavy atom. The Bertz CT molecular complexity index is 646. The van der Waals surface area contributed by atoms with Crippen molar-refractivity contribution in [3.8, 4) is 0 Å². The molecule has 0 radical (unpaired) electrons. The Kier molecular flexibility index (Phi) is 4.87. The number of fused-ring (bicyclic) bond motifs is 1. The summed E-state index contributed by atoms with van der Waals surface area (Å²) in [7, 11) is 0. The summed E-state index contributed by atoms with van der Waals surface area (Å²) in [5.41, 5.74) is 1.00. The van der Waals surface area contributed by atoms with E-state index in [4.69, 9.17) is 0 Å². The van der Waals surface area contributed by atoms with Gasteiger partial charge in [-0.2, -0.15) is 0 Å². The van der Waals surface area contributed by atoms with Gasteiger partial charge in [-0.1, -0.05) is 30.3 Å². The number of hydrogen-bond donors (Lipinski definition) is 1. The van der Waals surface area contributed by atoms with E-state index >= 15 is 0 Å². The molecular formula is C20H29N3O2. The van der Waals surface area contributed by atoms with Gasteiger partial charge in [0.1, 0.15) is 0 Å². The Morgan fingerprint density at radius 2 is 1.88 bits per heavy atom. The second kappa shape index (κ2) is 6.79. The molecule has 0 spiro atoms. The van der Waals surface area contributed by atoms with E-state index < -0.39 is 0 Å². The van der Waals surface area contributed by atoms with Crippen LogP contribution in [0.4, 0.5) is 0 Å². The van der Waals surface area contributed by atoms with E-state index in [9.17, 15) is 9.59 Å². The predicted molar refractivity (Wildman–Crippen MR) is 97.9 cm³/mol. The van der Waals surface area contributed by atoms with Gasteiger partial charge in [0, 0.05) is 51.5 Å².